The van der Waals surface area contributed by atoms with Gasteiger partial charge in [-0.05, 0) is 53.2 Å². The third-order valence-corrected chi connectivity index (χ3v) is 3.51. The van der Waals surface area contributed by atoms with Gasteiger partial charge in [-0.1, -0.05) is 0 Å². The Bertz CT molecular complexity index is 768. The Morgan fingerprint density at radius 2 is 2.10 bits per heavy atom. The average Bonchev–Trinajstić information content (AvgIpc) is 2.84. The second kappa shape index (κ2) is 5.17. The molecule has 0 saturated carbocycles. The molecule has 1 heterocycles. The molecule has 3 rings (SSSR count). The van der Waals surface area contributed by atoms with Gasteiger partial charge in [-0.25, -0.2) is 4.98 Å². The lowest BCUT2D eigenvalue weighted by Gasteiger charge is -2.06. The van der Waals surface area contributed by atoms with Gasteiger partial charge in [-0.15, -0.1) is 0 Å². The van der Waals surface area contributed by atoms with E-state index in [-0.39, 0.29) is 0 Å². The third kappa shape index (κ3) is 2.36. The number of aromatic nitrogens is 1. The number of nitrogen functional groups attached to an aromatic ring is 1. The zero-order valence-electron chi connectivity index (χ0n) is 10.9. The summed E-state index contributed by atoms with van der Waals surface area (Å²) in [5.41, 5.74) is 8.76. The van der Waals surface area contributed by atoms with Gasteiger partial charge in [0.2, 0.25) is 5.89 Å². The first-order chi connectivity index (χ1) is 9.67. The van der Waals surface area contributed by atoms with Crippen molar-refractivity contribution in [1.82, 2.24) is 4.98 Å². The summed E-state index contributed by atoms with van der Waals surface area (Å²) < 4.78 is 12.1. The van der Waals surface area contributed by atoms with Crippen LogP contribution in [0.4, 0.5) is 5.69 Å². The Morgan fingerprint density at radius 3 is 2.85 bits per heavy atom. The van der Waals surface area contributed by atoms with Crippen LogP contribution in [0.1, 0.15) is 6.92 Å². The SMILES string of the molecule is CCOc1ccc(-c2nc3ccc(N)cc3o2)cc1Br. The third-order valence-electron chi connectivity index (χ3n) is 2.89. The lowest BCUT2D eigenvalue weighted by molar-refractivity contribution is 0.338. The lowest BCUT2D eigenvalue weighted by Crippen LogP contribution is -1.92. The molecule has 20 heavy (non-hydrogen) atoms. The molecule has 0 aliphatic carbocycles. The maximum atomic E-state index is 5.74. The smallest absolute Gasteiger partial charge is 0.227 e. The van der Waals surface area contributed by atoms with Crippen LogP contribution in [0.5, 0.6) is 5.75 Å². The highest BCUT2D eigenvalue weighted by molar-refractivity contribution is 9.10. The molecule has 102 valence electrons. The van der Waals surface area contributed by atoms with Crippen molar-refractivity contribution in [2.24, 2.45) is 0 Å². The fourth-order valence-electron chi connectivity index (χ4n) is 1.97. The van der Waals surface area contributed by atoms with Gasteiger partial charge < -0.3 is 14.9 Å². The molecule has 0 spiro atoms. The van der Waals surface area contributed by atoms with Crippen LogP contribution in [0.3, 0.4) is 0 Å². The molecule has 1 aromatic heterocycles. The molecule has 0 saturated heterocycles. The highest BCUT2D eigenvalue weighted by Gasteiger charge is 2.10. The highest BCUT2D eigenvalue weighted by atomic mass is 79.9. The van der Waals surface area contributed by atoms with E-state index in [2.05, 4.69) is 20.9 Å². The minimum Gasteiger partial charge on any atom is -0.493 e. The van der Waals surface area contributed by atoms with Gasteiger partial charge in [0.05, 0.1) is 11.1 Å². The predicted molar refractivity (Wildman–Crippen MR) is 82.7 cm³/mol. The highest BCUT2D eigenvalue weighted by Crippen LogP contribution is 2.32. The van der Waals surface area contributed by atoms with Gasteiger partial charge in [0.25, 0.3) is 0 Å². The zero-order chi connectivity index (χ0) is 14.1. The average molecular weight is 333 g/mol. The first-order valence-corrected chi connectivity index (χ1v) is 7.05. The molecule has 0 atom stereocenters. The molecule has 0 aliphatic heterocycles. The molecule has 5 heteroatoms. The van der Waals surface area contributed by atoms with Crippen molar-refractivity contribution < 1.29 is 9.15 Å². The Kier molecular flexibility index (Phi) is 3.36. The number of benzene rings is 2. The van der Waals surface area contributed by atoms with Crippen molar-refractivity contribution in [2.45, 2.75) is 6.92 Å². The van der Waals surface area contributed by atoms with Crippen LogP contribution in [-0.4, -0.2) is 11.6 Å². The number of anilines is 1. The molecule has 3 aromatic rings. The van der Waals surface area contributed by atoms with Crippen molar-refractivity contribution in [1.29, 1.82) is 0 Å². The van der Waals surface area contributed by atoms with Gasteiger partial charge >= 0.3 is 0 Å². The first kappa shape index (κ1) is 13.0. The molecule has 0 radical (unpaired) electrons. The van der Waals surface area contributed by atoms with Crippen LogP contribution in [0, 0.1) is 0 Å². The standard InChI is InChI=1S/C15H13BrN2O2/c1-2-19-13-6-3-9(7-11(13)16)15-18-12-5-4-10(17)8-14(12)20-15/h3-8H,2,17H2,1H3. The van der Waals surface area contributed by atoms with E-state index in [0.29, 0.717) is 23.8 Å². The molecule has 0 amide bonds. The number of hydrogen-bond donors (Lipinski definition) is 1. The fraction of sp³-hybridized carbons (Fsp3) is 0.133. The van der Waals surface area contributed by atoms with Crippen molar-refractivity contribution in [3.05, 3.63) is 40.9 Å². The number of ether oxygens (including phenoxy) is 1. The zero-order valence-corrected chi connectivity index (χ0v) is 12.5. The van der Waals surface area contributed by atoms with E-state index in [1.807, 2.05) is 37.3 Å². The summed E-state index contributed by atoms with van der Waals surface area (Å²) in [7, 11) is 0. The number of rotatable bonds is 3. The maximum absolute atomic E-state index is 5.74. The number of nitrogens with two attached hydrogens (primary N) is 1. The quantitative estimate of drug-likeness (QED) is 0.729. The van der Waals surface area contributed by atoms with Crippen LogP contribution in [0.2, 0.25) is 0 Å². The first-order valence-electron chi connectivity index (χ1n) is 6.26. The van der Waals surface area contributed by atoms with Gasteiger partial charge in [0, 0.05) is 17.3 Å². The number of fused-ring (bicyclic) bond motifs is 1. The van der Waals surface area contributed by atoms with Crippen LogP contribution in [0.25, 0.3) is 22.6 Å². The lowest BCUT2D eigenvalue weighted by atomic mass is 10.2. The fourth-order valence-corrected chi connectivity index (χ4v) is 2.46. The van der Waals surface area contributed by atoms with E-state index in [9.17, 15) is 0 Å². The monoisotopic (exact) mass is 332 g/mol. The Morgan fingerprint density at radius 1 is 1.25 bits per heavy atom. The van der Waals surface area contributed by atoms with Crippen LogP contribution in [-0.2, 0) is 0 Å². The molecule has 0 bridgehead atoms. The van der Waals surface area contributed by atoms with Gasteiger partial charge in [0.15, 0.2) is 5.58 Å². The van der Waals surface area contributed by atoms with Gasteiger partial charge in [-0.2, -0.15) is 0 Å². The summed E-state index contributed by atoms with van der Waals surface area (Å²) in [6.07, 6.45) is 0. The topological polar surface area (TPSA) is 61.3 Å². The van der Waals surface area contributed by atoms with E-state index in [4.69, 9.17) is 14.9 Å². The number of oxazole rings is 1. The Hall–Kier alpha value is -2.01. The molecule has 2 aromatic carbocycles. The minimum absolute atomic E-state index is 0.564. The van der Waals surface area contributed by atoms with Crippen LogP contribution < -0.4 is 10.5 Å². The minimum atomic E-state index is 0.564. The second-order valence-corrected chi connectivity index (χ2v) is 5.18. The molecular weight excluding hydrogens is 320 g/mol. The summed E-state index contributed by atoms with van der Waals surface area (Å²) >= 11 is 3.49. The number of hydrogen-bond acceptors (Lipinski definition) is 4. The molecule has 0 unspecified atom stereocenters. The molecule has 0 aliphatic rings. The molecule has 2 N–H and O–H groups in total. The number of halogens is 1. The van der Waals surface area contributed by atoms with Gasteiger partial charge in [0.1, 0.15) is 11.3 Å². The summed E-state index contributed by atoms with van der Waals surface area (Å²) in [5.74, 6) is 1.37. The van der Waals surface area contributed by atoms with Crippen molar-refractivity contribution in [3.63, 3.8) is 0 Å². The van der Waals surface area contributed by atoms with Crippen molar-refractivity contribution in [3.8, 4) is 17.2 Å². The van der Waals surface area contributed by atoms with Gasteiger partial charge in [-0.3, -0.25) is 0 Å². The van der Waals surface area contributed by atoms with E-state index < -0.39 is 0 Å². The largest absolute Gasteiger partial charge is 0.493 e. The summed E-state index contributed by atoms with van der Waals surface area (Å²) in [6, 6.07) is 11.2. The molecule has 0 fully saturated rings. The Labute approximate surface area is 124 Å². The molecular formula is C15H13BrN2O2. The van der Waals surface area contributed by atoms with E-state index in [0.717, 1.165) is 21.3 Å². The summed E-state index contributed by atoms with van der Waals surface area (Å²) in [5, 5.41) is 0. The van der Waals surface area contributed by atoms with Crippen LogP contribution in [0.15, 0.2) is 45.3 Å². The predicted octanol–water partition coefficient (Wildman–Crippen LogP) is 4.24. The summed E-state index contributed by atoms with van der Waals surface area (Å²) in [4.78, 5) is 4.46. The van der Waals surface area contributed by atoms with Crippen molar-refractivity contribution in [2.75, 3.05) is 12.3 Å². The van der Waals surface area contributed by atoms with E-state index in [1.165, 1.54) is 0 Å². The van der Waals surface area contributed by atoms with Crippen LogP contribution >= 0.6 is 15.9 Å². The van der Waals surface area contributed by atoms with E-state index in [1.54, 1.807) is 6.07 Å². The number of nitrogens with zero attached hydrogens (tertiary/aromatic N) is 1. The normalized spacial score (nSPS) is 10.9. The maximum Gasteiger partial charge on any atom is 0.227 e. The molecule has 4 nitrogen and oxygen atoms in total. The van der Waals surface area contributed by atoms with Crippen molar-refractivity contribution >= 4 is 32.7 Å². The Balaban J connectivity index is 2.04. The van der Waals surface area contributed by atoms with E-state index >= 15 is 0 Å². The second-order valence-electron chi connectivity index (χ2n) is 4.32. The summed E-state index contributed by atoms with van der Waals surface area (Å²) in [6.45, 7) is 2.58.